The van der Waals surface area contributed by atoms with E-state index >= 15 is 0 Å². The molecular formula is C16H15ClN2O5. The Labute approximate surface area is 142 Å². The van der Waals surface area contributed by atoms with E-state index in [0.717, 1.165) is 0 Å². The minimum Gasteiger partial charge on any atom is -0.457 e. The van der Waals surface area contributed by atoms with Gasteiger partial charge in [0.05, 0.1) is 18.1 Å². The lowest BCUT2D eigenvalue weighted by Crippen LogP contribution is -2.54. The second kappa shape index (κ2) is 6.64. The highest BCUT2D eigenvalue weighted by atomic mass is 35.5. The van der Waals surface area contributed by atoms with E-state index in [1.54, 1.807) is 24.3 Å². The molecular weight excluding hydrogens is 336 g/mol. The monoisotopic (exact) mass is 350 g/mol. The molecule has 7 nitrogen and oxygen atoms in total. The minimum atomic E-state index is -0.999. The largest absolute Gasteiger partial charge is 0.457 e. The molecule has 0 atom stereocenters. The molecule has 0 bridgehead atoms. The summed E-state index contributed by atoms with van der Waals surface area (Å²) in [5.41, 5.74) is -0.824. The first kappa shape index (κ1) is 16.5. The molecule has 1 fully saturated rings. The Morgan fingerprint density at radius 2 is 1.92 bits per heavy atom. The summed E-state index contributed by atoms with van der Waals surface area (Å²) in [5, 5.41) is 24.7. The Bertz CT molecular complexity index is 747. The van der Waals surface area contributed by atoms with E-state index in [9.17, 15) is 15.2 Å². The molecule has 0 radical (unpaired) electrons. The number of nitro benzene ring substituents is 1. The Morgan fingerprint density at radius 1 is 1.25 bits per heavy atom. The lowest BCUT2D eigenvalue weighted by atomic mass is 10.0. The number of hydrogen-bond acceptors (Lipinski definition) is 6. The van der Waals surface area contributed by atoms with E-state index in [0.29, 0.717) is 16.5 Å². The average molecular weight is 351 g/mol. The normalized spacial score (nSPS) is 15.4. The van der Waals surface area contributed by atoms with Gasteiger partial charge in [-0.15, -0.1) is 0 Å². The Kier molecular flexibility index (Phi) is 4.57. The van der Waals surface area contributed by atoms with E-state index in [2.05, 4.69) is 5.32 Å². The fraction of sp³-hybridized carbons (Fsp3) is 0.250. The number of nitrogens with zero attached hydrogens (tertiary/aromatic N) is 1. The van der Waals surface area contributed by atoms with Crippen molar-refractivity contribution in [3.05, 3.63) is 57.6 Å². The maximum absolute atomic E-state index is 11.2. The first-order chi connectivity index (χ1) is 11.5. The number of aliphatic hydroxyl groups is 1. The van der Waals surface area contributed by atoms with Crippen LogP contribution in [0.5, 0.6) is 11.5 Å². The quantitative estimate of drug-likeness (QED) is 0.613. The lowest BCUT2D eigenvalue weighted by Gasteiger charge is -2.36. The molecule has 3 rings (SSSR count). The predicted molar refractivity (Wildman–Crippen MR) is 88.9 cm³/mol. The second-order valence-electron chi connectivity index (χ2n) is 5.56. The van der Waals surface area contributed by atoms with E-state index in [1.807, 2.05) is 0 Å². The van der Waals surface area contributed by atoms with Crippen molar-refractivity contribution in [2.24, 2.45) is 0 Å². The molecule has 24 heavy (non-hydrogen) atoms. The highest BCUT2D eigenvalue weighted by Gasteiger charge is 2.36. The third-order valence-corrected chi connectivity index (χ3v) is 3.82. The van der Waals surface area contributed by atoms with Crippen molar-refractivity contribution in [3.63, 3.8) is 0 Å². The molecule has 2 aromatic carbocycles. The van der Waals surface area contributed by atoms with Crippen LogP contribution in [0, 0.1) is 10.1 Å². The molecule has 0 aliphatic carbocycles. The van der Waals surface area contributed by atoms with Gasteiger partial charge in [0.2, 0.25) is 0 Å². The number of halogens is 1. The molecule has 1 heterocycles. The Balaban J connectivity index is 1.79. The first-order valence-corrected chi connectivity index (χ1v) is 7.59. The molecule has 0 saturated carbocycles. The van der Waals surface area contributed by atoms with Gasteiger partial charge in [0.25, 0.3) is 5.69 Å². The topological polar surface area (TPSA) is 93.9 Å². The van der Waals surface area contributed by atoms with Crippen LogP contribution in [0.2, 0.25) is 5.02 Å². The van der Waals surface area contributed by atoms with Crippen LogP contribution in [0.3, 0.4) is 0 Å². The number of anilines is 1. The number of rotatable bonds is 6. The third kappa shape index (κ3) is 3.76. The van der Waals surface area contributed by atoms with E-state index in [-0.39, 0.29) is 31.1 Å². The Morgan fingerprint density at radius 3 is 2.50 bits per heavy atom. The van der Waals surface area contributed by atoms with Crippen molar-refractivity contribution in [1.82, 2.24) is 0 Å². The van der Waals surface area contributed by atoms with Gasteiger partial charge in [-0.3, -0.25) is 10.1 Å². The molecule has 1 aliphatic heterocycles. The van der Waals surface area contributed by atoms with E-state index in [4.69, 9.17) is 21.1 Å². The summed E-state index contributed by atoms with van der Waals surface area (Å²) >= 11 is 5.82. The number of nitro groups is 1. The van der Waals surface area contributed by atoms with Crippen LogP contribution in [0.15, 0.2) is 42.5 Å². The van der Waals surface area contributed by atoms with Crippen molar-refractivity contribution >= 4 is 23.0 Å². The van der Waals surface area contributed by atoms with Crippen LogP contribution < -0.4 is 10.1 Å². The van der Waals surface area contributed by atoms with Crippen LogP contribution in [0.25, 0.3) is 0 Å². The molecule has 126 valence electrons. The first-order valence-electron chi connectivity index (χ1n) is 7.21. The zero-order chi connectivity index (χ0) is 17.2. The zero-order valence-electron chi connectivity index (χ0n) is 12.6. The van der Waals surface area contributed by atoms with Gasteiger partial charge in [-0.25, -0.2) is 0 Å². The standard InChI is InChI=1S/C16H15ClN2O5/c17-11-1-3-12(4-2-11)24-13-5-6-15(19(21)22)14(7-13)18-8-16(20)9-23-10-16/h1-7,18,20H,8-10H2. The van der Waals surface area contributed by atoms with Crippen molar-refractivity contribution < 1.29 is 19.5 Å². The number of ether oxygens (including phenoxy) is 2. The molecule has 1 aliphatic rings. The molecule has 0 unspecified atom stereocenters. The molecule has 1 saturated heterocycles. The van der Waals surface area contributed by atoms with Crippen molar-refractivity contribution in [2.45, 2.75) is 5.60 Å². The van der Waals surface area contributed by atoms with Crippen molar-refractivity contribution in [1.29, 1.82) is 0 Å². The third-order valence-electron chi connectivity index (χ3n) is 3.56. The summed E-state index contributed by atoms with van der Waals surface area (Å²) in [5.74, 6) is 0.993. The van der Waals surface area contributed by atoms with Gasteiger partial charge in [-0.1, -0.05) is 11.6 Å². The second-order valence-corrected chi connectivity index (χ2v) is 6.00. The highest BCUT2D eigenvalue weighted by Crippen LogP contribution is 2.32. The summed E-state index contributed by atoms with van der Waals surface area (Å²) in [6.07, 6.45) is 0. The van der Waals surface area contributed by atoms with Crippen LogP contribution >= 0.6 is 11.6 Å². The van der Waals surface area contributed by atoms with Crippen LogP contribution in [-0.4, -0.2) is 35.4 Å². The Hall–Kier alpha value is -2.35. The van der Waals surface area contributed by atoms with Crippen molar-refractivity contribution in [2.75, 3.05) is 25.1 Å². The number of nitrogens with one attached hydrogen (secondary N) is 1. The van der Waals surface area contributed by atoms with Gasteiger partial charge >= 0.3 is 0 Å². The average Bonchev–Trinajstić information content (AvgIpc) is 2.53. The molecule has 2 aromatic rings. The summed E-state index contributed by atoms with van der Waals surface area (Å²) in [6, 6.07) is 11.2. The smallest absolute Gasteiger partial charge is 0.292 e. The van der Waals surface area contributed by atoms with Crippen LogP contribution in [0.4, 0.5) is 11.4 Å². The van der Waals surface area contributed by atoms with Gasteiger partial charge in [-0.2, -0.15) is 0 Å². The van der Waals surface area contributed by atoms with Gasteiger partial charge < -0.3 is 19.9 Å². The number of benzene rings is 2. The molecule has 0 amide bonds. The maximum Gasteiger partial charge on any atom is 0.292 e. The lowest BCUT2D eigenvalue weighted by molar-refractivity contribution is -0.384. The molecule has 2 N–H and O–H groups in total. The summed E-state index contributed by atoms with van der Waals surface area (Å²) in [6.45, 7) is 0.557. The van der Waals surface area contributed by atoms with Gasteiger partial charge in [0.1, 0.15) is 22.8 Å². The number of hydrogen-bond donors (Lipinski definition) is 2. The predicted octanol–water partition coefficient (Wildman–Crippen LogP) is 3.21. The van der Waals surface area contributed by atoms with Gasteiger partial charge in [0, 0.05) is 23.7 Å². The van der Waals surface area contributed by atoms with Gasteiger partial charge in [-0.05, 0) is 30.3 Å². The molecule has 8 heteroatoms. The van der Waals surface area contributed by atoms with Gasteiger partial charge in [0.15, 0.2) is 0 Å². The summed E-state index contributed by atoms with van der Waals surface area (Å²) < 4.78 is 10.6. The summed E-state index contributed by atoms with van der Waals surface area (Å²) in [7, 11) is 0. The summed E-state index contributed by atoms with van der Waals surface area (Å²) in [4.78, 5) is 10.7. The van der Waals surface area contributed by atoms with E-state index in [1.165, 1.54) is 18.2 Å². The highest BCUT2D eigenvalue weighted by molar-refractivity contribution is 6.30. The minimum absolute atomic E-state index is 0.0951. The fourth-order valence-electron chi connectivity index (χ4n) is 2.22. The maximum atomic E-state index is 11.2. The molecule has 0 aromatic heterocycles. The van der Waals surface area contributed by atoms with Crippen LogP contribution in [-0.2, 0) is 4.74 Å². The zero-order valence-corrected chi connectivity index (χ0v) is 13.3. The fourth-order valence-corrected chi connectivity index (χ4v) is 2.34. The SMILES string of the molecule is O=[N+]([O-])c1ccc(Oc2ccc(Cl)cc2)cc1NCC1(O)COC1. The molecule has 0 spiro atoms. The van der Waals surface area contributed by atoms with E-state index < -0.39 is 10.5 Å². The van der Waals surface area contributed by atoms with Crippen LogP contribution in [0.1, 0.15) is 0 Å². The van der Waals surface area contributed by atoms with Crippen molar-refractivity contribution in [3.8, 4) is 11.5 Å².